The van der Waals surface area contributed by atoms with Crippen LogP contribution >= 0.6 is 11.3 Å². The number of nitrogens with one attached hydrogen (secondary N) is 2. The maximum Gasteiger partial charge on any atom is 0.240 e. The number of benzene rings is 1. The van der Waals surface area contributed by atoms with Gasteiger partial charge in [-0.1, -0.05) is 6.07 Å². The summed E-state index contributed by atoms with van der Waals surface area (Å²) in [5.74, 6) is -0.310. The lowest BCUT2D eigenvalue weighted by atomic mass is 10.1. The first kappa shape index (κ1) is 20.1. The molecule has 9 heteroatoms. The van der Waals surface area contributed by atoms with E-state index in [4.69, 9.17) is 0 Å². The van der Waals surface area contributed by atoms with Crippen LogP contribution in [0, 0.1) is 13.8 Å². The van der Waals surface area contributed by atoms with Crippen LogP contribution in [0.25, 0.3) is 11.3 Å². The monoisotopic (exact) mass is 416 g/mol. The number of aryl methyl sites for hydroxylation is 2. The molecular weight excluding hydrogens is 396 g/mol. The molecule has 0 aliphatic heterocycles. The summed E-state index contributed by atoms with van der Waals surface area (Å²) in [5.41, 5.74) is 3.51. The second-order valence-electron chi connectivity index (χ2n) is 6.22. The molecule has 3 rings (SSSR count). The average Bonchev–Trinajstić information content (AvgIpc) is 3.13. The lowest BCUT2D eigenvalue weighted by Crippen LogP contribution is -2.28. The summed E-state index contributed by atoms with van der Waals surface area (Å²) in [6.07, 6.45) is 3.38. The fourth-order valence-electron chi connectivity index (χ4n) is 2.42. The summed E-state index contributed by atoms with van der Waals surface area (Å²) >= 11 is 1.30. The Bertz CT molecular complexity index is 1080. The van der Waals surface area contributed by atoms with Crippen LogP contribution in [-0.2, 0) is 14.8 Å². The number of anilines is 1. The summed E-state index contributed by atoms with van der Waals surface area (Å²) in [6, 6.07) is 8.64. The molecule has 3 aromatic rings. The predicted octanol–water partition coefficient (Wildman–Crippen LogP) is 3.13. The van der Waals surface area contributed by atoms with E-state index in [1.165, 1.54) is 11.3 Å². The topological polar surface area (TPSA) is 101 Å². The van der Waals surface area contributed by atoms with Crippen molar-refractivity contribution in [1.29, 1.82) is 0 Å². The molecule has 2 N–H and O–H groups in total. The molecule has 7 nitrogen and oxygen atoms in total. The fraction of sp³-hybridized carbons (Fsp3) is 0.211. The number of hydrogen-bond donors (Lipinski definition) is 2. The number of amides is 1. The molecule has 0 spiro atoms. The summed E-state index contributed by atoms with van der Waals surface area (Å²) in [5, 5.41) is 4.98. The zero-order chi connectivity index (χ0) is 20.1. The minimum absolute atomic E-state index is 0.00191. The average molecular weight is 417 g/mol. The molecule has 0 fully saturated rings. The third kappa shape index (κ3) is 5.00. The SMILES string of the molecule is Cc1ccc(S(=O)(=O)NCCC(=O)Nc2nc(-c3cccnc3)cs2)cc1C. The van der Waals surface area contributed by atoms with E-state index in [2.05, 4.69) is 20.0 Å². The van der Waals surface area contributed by atoms with Crippen molar-refractivity contribution >= 4 is 32.4 Å². The van der Waals surface area contributed by atoms with E-state index in [1.807, 2.05) is 31.4 Å². The van der Waals surface area contributed by atoms with E-state index < -0.39 is 10.0 Å². The lowest BCUT2D eigenvalue weighted by molar-refractivity contribution is -0.116. The summed E-state index contributed by atoms with van der Waals surface area (Å²) in [6.45, 7) is 3.78. The van der Waals surface area contributed by atoms with Gasteiger partial charge in [-0.15, -0.1) is 11.3 Å². The maximum atomic E-state index is 12.3. The standard InChI is InChI=1S/C19H20N4O3S2/c1-13-5-6-16(10-14(13)2)28(25,26)21-9-7-18(24)23-19-22-17(12-27-19)15-4-3-8-20-11-15/h3-6,8,10-12,21H,7,9H2,1-2H3,(H,22,23,24). The van der Waals surface area contributed by atoms with E-state index in [0.717, 1.165) is 22.4 Å². The molecule has 0 saturated heterocycles. The van der Waals surface area contributed by atoms with Gasteiger partial charge in [0, 0.05) is 36.3 Å². The molecule has 0 saturated carbocycles. The van der Waals surface area contributed by atoms with Crippen molar-refractivity contribution in [2.24, 2.45) is 0 Å². The van der Waals surface area contributed by atoms with Crippen LogP contribution in [0.2, 0.25) is 0 Å². The van der Waals surface area contributed by atoms with Gasteiger partial charge in [0.1, 0.15) is 0 Å². The number of sulfonamides is 1. The van der Waals surface area contributed by atoms with Crippen LogP contribution in [0.15, 0.2) is 53.0 Å². The number of nitrogens with zero attached hydrogens (tertiary/aromatic N) is 2. The molecule has 28 heavy (non-hydrogen) atoms. The van der Waals surface area contributed by atoms with Gasteiger partial charge in [0.2, 0.25) is 15.9 Å². The Hall–Kier alpha value is -2.62. The van der Waals surface area contributed by atoms with Gasteiger partial charge in [-0.05, 0) is 49.2 Å². The van der Waals surface area contributed by atoms with E-state index in [-0.39, 0.29) is 23.8 Å². The van der Waals surface area contributed by atoms with Gasteiger partial charge in [-0.3, -0.25) is 9.78 Å². The molecule has 0 aliphatic rings. The molecule has 0 bridgehead atoms. The van der Waals surface area contributed by atoms with Crippen LogP contribution < -0.4 is 10.0 Å². The Balaban J connectivity index is 1.53. The first-order valence-corrected chi connectivity index (χ1v) is 10.9. The number of pyridine rings is 1. The number of carbonyl (C=O) groups excluding carboxylic acids is 1. The zero-order valence-corrected chi connectivity index (χ0v) is 17.1. The Labute approximate surface area is 167 Å². The Morgan fingerprint density at radius 2 is 2.00 bits per heavy atom. The van der Waals surface area contributed by atoms with Crippen LogP contribution in [0.1, 0.15) is 17.5 Å². The minimum atomic E-state index is -3.65. The quantitative estimate of drug-likeness (QED) is 0.616. The number of carbonyl (C=O) groups is 1. The van der Waals surface area contributed by atoms with Crippen molar-refractivity contribution < 1.29 is 13.2 Å². The second-order valence-corrected chi connectivity index (χ2v) is 8.85. The highest BCUT2D eigenvalue weighted by atomic mass is 32.2. The van der Waals surface area contributed by atoms with Crippen molar-refractivity contribution in [2.45, 2.75) is 25.2 Å². The summed E-state index contributed by atoms with van der Waals surface area (Å²) < 4.78 is 27.1. The molecule has 2 aromatic heterocycles. The zero-order valence-electron chi connectivity index (χ0n) is 15.5. The Morgan fingerprint density at radius 3 is 2.71 bits per heavy atom. The van der Waals surface area contributed by atoms with Crippen molar-refractivity contribution in [3.63, 3.8) is 0 Å². The van der Waals surface area contributed by atoms with Crippen molar-refractivity contribution in [3.8, 4) is 11.3 Å². The highest BCUT2D eigenvalue weighted by Crippen LogP contribution is 2.24. The molecule has 0 aliphatic carbocycles. The lowest BCUT2D eigenvalue weighted by Gasteiger charge is -2.08. The van der Waals surface area contributed by atoms with Crippen molar-refractivity contribution in [3.05, 3.63) is 59.2 Å². The molecule has 1 aromatic carbocycles. The maximum absolute atomic E-state index is 12.3. The molecule has 146 valence electrons. The van der Waals surface area contributed by atoms with Gasteiger partial charge in [-0.25, -0.2) is 18.1 Å². The number of aromatic nitrogens is 2. The summed E-state index contributed by atoms with van der Waals surface area (Å²) in [4.78, 5) is 20.7. The molecule has 1 amide bonds. The van der Waals surface area contributed by atoms with E-state index in [1.54, 1.807) is 30.6 Å². The largest absolute Gasteiger partial charge is 0.302 e. The molecule has 0 radical (unpaired) electrons. The third-order valence-electron chi connectivity index (χ3n) is 4.14. The second kappa shape index (κ2) is 8.59. The van der Waals surface area contributed by atoms with Gasteiger partial charge in [0.05, 0.1) is 10.6 Å². The van der Waals surface area contributed by atoms with Crippen LogP contribution in [0.3, 0.4) is 0 Å². The summed E-state index contributed by atoms with van der Waals surface area (Å²) in [7, 11) is -3.65. The Morgan fingerprint density at radius 1 is 1.18 bits per heavy atom. The van der Waals surface area contributed by atoms with Crippen LogP contribution in [-0.4, -0.2) is 30.8 Å². The molecule has 0 unspecified atom stereocenters. The van der Waals surface area contributed by atoms with E-state index in [9.17, 15) is 13.2 Å². The van der Waals surface area contributed by atoms with Gasteiger partial charge in [-0.2, -0.15) is 0 Å². The third-order valence-corrected chi connectivity index (χ3v) is 6.36. The van der Waals surface area contributed by atoms with Gasteiger partial charge < -0.3 is 5.32 Å². The van der Waals surface area contributed by atoms with Gasteiger partial charge in [0.25, 0.3) is 0 Å². The van der Waals surface area contributed by atoms with Crippen LogP contribution in [0.4, 0.5) is 5.13 Å². The number of thiazole rings is 1. The highest BCUT2D eigenvalue weighted by molar-refractivity contribution is 7.89. The number of hydrogen-bond acceptors (Lipinski definition) is 6. The van der Waals surface area contributed by atoms with Crippen molar-refractivity contribution in [1.82, 2.24) is 14.7 Å². The predicted molar refractivity (Wildman–Crippen MR) is 110 cm³/mol. The van der Waals surface area contributed by atoms with Crippen molar-refractivity contribution in [2.75, 3.05) is 11.9 Å². The van der Waals surface area contributed by atoms with E-state index in [0.29, 0.717) is 5.13 Å². The fourth-order valence-corrected chi connectivity index (χ4v) is 4.28. The van der Waals surface area contributed by atoms with Gasteiger partial charge in [0.15, 0.2) is 5.13 Å². The van der Waals surface area contributed by atoms with Gasteiger partial charge >= 0.3 is 0 Å². The molecule has 2 heterocycles. The first-order valence-electron chi connectivity index (χ1n) is 8.58. The molecular formula is C19H20N4O3S2. The molecule has 0 atom stereocenters. The first-order chi connectivity index (χ1) is 13.3. The number of rotatable bonds is 7. The minimum Gasteiger partial charge on any atom is -0.302 e. The smallest absolute Gasteiger partial charge is 0.240 e. The van der Waals surface area contributed by atoms with E-state index >= 15 is 0 Å². The normalized spacial score (nSPS) is 11.4. The highest BCUT2D eigenvalue weighted by Gasteiger charge is 2.15. The Kier molecular flexibility index (Phi) is 6.18. The van der Waals surface area contributed by atoms with Crippen LogP contribution in [0.5, 0.6) is 0 Å².